The zero-order valence-electron chi connectivity index (χ0n) is 16.3. The molecule has 2 N–H and O–H groups in total. The summed E-state index contributed by atoms with van der Waals surface area (Å²) in [6.45, 7) is 10.4. The van der Waals surface area contributed by atoms with Crippen molar-refractivity contribution in [2.24, 2.45) is 5.73 Å². The van der Waals surface area contributed by atoms with Crippen LogP contribution in [0.3, 0.4) is 0 Å². The highest BCUT2D eigenvalue weighted by atomic mass is 16.5. The minimum absolute atomic E-state index is 0.134. The molecule has 0 radical (unpaired) electrons. The average molecular weight is 354 g/mol. The molecule has 1 heterocycles. The number of nitrogens with zero attached hydrogens (tertiary/aromatic N) is 1. The molecule has 0 bridgehead atoms. The highest BCUT2D eigenvalue weighted by Gasteiger charge is 2.52. The highest BCUT2D eigenvalue weighted by Crippen LogP contribution is 2.53. The molecule has 1 amide bonds. The Hall–Kier alpha value is -2.56. The topological polar surface area (TPSA) is 74.3 Å². The number of benzene rings is 1. The van der Waals surface area contributed by atoms with Gasteiger partial charge in [0, 0.05) is 17.1 Å². The van der Waals surface area contributed by atoms with E-state index in [9.17, 15) is 9.59 Å². The summed E-state index contributed by atoms with van der Waals surface area (Å²) >= 11 is 0. The Balaban J connectivity index is 2.21. The molecule has 0 saturated carbocycles. The van der Waals surface area contributed by atoms with Gasteiger partial charge in [-0.25, -0.2) is 4.79 Å². The van der Waals surface area contributed by atoms with Gasteiger partial charge in [-0.15, -0.1) is 0 Å². The van der Waals surface area contributed by atoms with Crippen LogP contribution in [0.1, 0.15) is 60.1 Å². The van der Waals surface area contributed by atoms with Gasteiger partial charge in [0.15, 0.2) is 0 Å². The fourth-order valence-electron chi connectivity index (χ4n) is 4.86. The van der Waals surface area contributed by atoms with Gasteiger partial charge in [-0.05, 0) is 68.0 Å². The number of rotatable bonds is 3. The number of primary amides is 1. The first kappa shape index (κ1) is 18.2. The van der Waals surface area contributed by atoms with E-state index in [1.807, 2.05) is 26.0 Å². The lowest BCUT2D eigenvalue weighted by molar-refractivity contribution is -0.123. The van der Waals surface area contributed by atoms with Crippen molar-refractivity contribution >= 4 is 11.9 Å². The molecular formula is C21H26N2O3. The molecular weight excluding hydrogens is 328 g/mol. The van der Waals surface area contributed by atoms with Crippen molar-refractivity contribution in [1.29, 1.82) is 0 Å². The van der Waals surface area contributed by atoms with Crippen molar-refractivity contribution in [3.8, 4) is 5.69 Å². The van der Waals surface area contributed by atoms with Gasteiger partial charge in [0.25, 0.3) is 0 Å². The van der Waals surface area contributed by atoms with E-state index in [0.29, 0.717) is 12.0 Å². The summed E-state index contributed by atoms with van der Waals surface area (Å²) in [4.78, 5) is 24.0. The van der Waals surface area contributed by atoms with E-state index in [0.717, 1.165) is 22.6 Å². The van der Waals surface area contributed by atoms with Gasteiger partial charge in [0.2, 0.25) is 5.91 Å². The molecule has 5 nitrogen and oxygen atoms in total. The Morgan fingerprint density at radius 1 is 1.04 bits per heavy atom. The Bertz CT molecular complexity index is 906. The van der Waals surface area contributed by atoms with Crippen LogP contribution in [0.4, 0.5) is 0 Å². The van der Waals surface area contributed by atoms with Gasteiger partial charge < -0.3 is 15.0 Å². The first-order chi connectivity index (χ1) is 12.0. The average Bonchev–Trinajstić information content (AvgIpc) is 2.98. The van der Waals surface area contributed by atoms with Crippen molar-refractivity contribution in [2.75, 3.05) is 7.11 Å². The Kier molecular flexibility index (Phi) is 4.02. The number of carbonyl (C=O) groups is 2. The monoisotopic (exact) mass is 354 g/mol. The number of hydrogen-bond donors (Lipinski definition) is 1. The summed E-state index contributed by atoms with van der Waals surface area (Å²) in [5.41, 5.74) is 10.8. The van der Waals surface area contributed by atoms with Crippen LogP contribution in [0.2, 0.25) is 0 Å². The van der Waals surface area contributed by atoms with Gasteiger partial charge >= 0.3 is 5.97 Å². The molecule has 0 saturated heterocycles. The van der Waals surface area contributed by atoms with Crippen LogP contribution in [-0.4, -0.2) is 23.6 Å². The molecule has 1 atom stereocenters. The van der Waals surface area contributed by atoms with E-state index in [4.69, 9.17) is 10.5 Å². The Morgan fingerprint density at radius 3 is 2.08 bits per heavy atom. The second-order valence-corrected chi connectivity index (χ2v) is 8.05. The third kappa shape index (κ3) is 2.37. The Labute approximate surface area is 154 Å². The van der Waals surface area contributed by atoms with Crippen molar-refractivity contribution in [2.45, 2.75) is 51.9 Å². The fraction of sp³-hybridized carbons (Fsp3) is 0.429. The van der Waals surface area contributed by atoms with Crippen LogP contribution in [0.15, 0.2) is 24.3 Å². The van der Waals surface area contributed by atoms with Crippen molar-refractivity contribution in [1.82, 2.24) is 4.57 Å². The quantitative estimate of drug-likeness (QED) is 0.860. The zero-order chi connectivity index (χ0) is 19.4. The highest BCUT2D eigenvalue weighted by molar-refractivity contribution is 5.90. The smallest absolute Gasteiger partial charge is 0.337 e. The van der Waals surface area contributed by atoms with Crippen LogP contribution < -0.4 is 5.73 Å². The van der Waals surface area contributed by atoms with E-state index < -0.39 is 5.41 Å². The molecule has 1 aliphatic rings. The predicted octanol–water partition coefficient (Wildman–Crippen LogP) is 3.31. The van der Waals surface area contributed by atoms with E-state index in [-0.39, 0.29) is 17.3 Å². The molecule has 1 aromatic heterocycles. The lowest BCUT2D eigenvalue weighted by Gasteiger charge is -2.27. The number of ether oxygens (including phenoxy) is 1. The number of aromatic nitrogens is 1. The summed E-state index contributed by atoms with van der Waals surface area (Å²) in [6.07, 6.45) is 0.712. The van der Waals surface area contributed by atoms with Crippen molar-refractivity contribution < 1.29 is 14.3 Å². The number of amides is 1. The van der Waals surface area contributed by atoms with Gasteiger partial charge in [0.05, 0.1) is 18.1 Å². The van der Waals surface area contributed by atoms with E-state index >= 15 is 0 Å². The van der Waals surface area contributed by atoms with Crippen LogP contribution in [0, 0.1) is 13.8 Å². The zero-order valence-corrected chi connectivity index (χ0v) is 16.3. The van der Waals surface area contributed by atoms with Crippen molar-refractivity contribution in [3.63, 3.8) is 0 Å². The maximum Gasteiger partial charge on any atom is 0.337 e. The molecule has 1 unspecified atom stereocenters. The maximum absolute atomic E-state index is 12.3. The molecule has 0 spiro atoms. The van der Waals surface area contributed by atoms with E-state index in [1.165, 1.54) is 12.7 Å². The first-order valence-electron chi connectivity index (χ1n) is 8.76. The number of nitrogens with two attached hydrogens (primary N) is 1. The van der Waals surface area contributed by atoms with Crippen LogP contribution in [0.5, 0.6) is 0 Å². The molecule has 1 aromatic carbocycles. The van der Waals surface area contributed by atoms with Crippen LogP contribution in [-0.2, 0) is 20.4 Å². The third-order valence-electron chi connectivity index (χ3n) is 5.76. The van der Waals surface area contributed by atoms with E-state index in [2.05, 4.69) is 25.3 Å². The normalized spacial score (nSPS) is 20.7. The van der Waals surface area contributed by atoms with Gasteiger partial charge in [0.1, 0.15) is 0 Å². The minimum atomic E-state index is -0.676. The predicted molar refractivity (Wildman–Crippen MR) is 101 cm³/mol. The second kappa shape index (κ2) is 5.73. The molecule has 1 aliphatic carbocycles. The maximum atomic E-state index is 12.3. The molecule has 138 valence electrons. The number of fused-ring (bicyclic) bond motifs is 1. The molecule has 26 heavy (non-hydrogen) atoms. The summed E-state index contributed by atoms with van der Waals surface area (Å²) < 4.78 is 6.91. The standard InChI is InChI=1S/C21H26N2O3/c1-12-16-17(21(5,19(22)25)11-20(16,3)4)13(2)23(12)15-9-7-14(8-10-15)18(24)26-6/h7-10H,11H2,1-6H3,(H2,22,25). The number of methoxy groups -OCH3 is 1. The second-order valence-electron chi connectivity index (χ2n) is 8.05. The lowest BCUT2D eigenvalue weighted by atomic mass is 9.79. The molecule has 0 aliphatic heterocycles. The number of hydrogen-bond acceptors (Lipinski definition) is 3. The molecule has 0 fully saturated rings. The van der Waals surface area contributed by atoms with Gasteiger partial charge in [-0.1, -0.05) is 13.8 Å². The SMILES string of the molecule is COC(=O)c1ccc(-n2c(C)c3c(c2C)C(C)(C(N)=O)CC3(C)C)cc1. The van der Waals surface area contributed by atoms with Crippen LogP contribution in [0.25, 0.3) is 5.69 Å². The van der Waals surface area contributed by atoms with Gasteiger partial charge in [-0.3, -0.25) is 4.79 Å². The van der Waals surface area contributed by atoms with Gasteiger partial charge in [-0.2, -0.15) is 0 Å². The largest absolute Gasteiger partial charge is 0.465 e. The summed E-state index contributed by atoms with van der Waals surface area (Å²) in [5.74, 6) is -0.645. The lowest BCUT2D eigenvalue weighted by Crippen LogP contribution is -2.38. The molecule has 2 aromatic rings. The van der Waals surface area contributed by atoms with Crippen molar-refractivity contribution in [3.05, 3.63) is 52.3 Å². The molecule has 3 rings (SSSR count). The minimum Gasteiger partial charge on any atom is -0.465 e. The van der Waals surface area contributed by atoms with Crippen LogP contribution >= 0.6 is 0 Å². The third-order valence-corrected chi connectivity index (χ3v) is 5.76. The first-order valence-corrected chi connectivity index (χ1v) is 8.76. The van der Waals surface area contributed by atoms with E-state index in [1.54, 1.807) is 12.1 Å². The summed E-state index contributed by atoms with van der Waals surface area (Å²) in [6, 6.07) is 7.30. The molecule has 5 heteroatoms. The fourth-order valence-corrected chi connectivity index (χ4v) is 4.86. The number of carbonyl (C=O) groups excluding carboxylic acids is 2. The summed E-state index contributed by atoms with van der Waals surface area (Å²) in [7, 11) is 1.37. The summed E-state index contributed by atoms with van der Waals surface area (Å²) in [5, 5.41) is 0. The Morgan fingerprint density at radius 2 is 1.58 bits per heavy atom. The number of esters is 1.